The minimum Gasteiger partial charge on any atom is -0.385 e. The largest absolute Gasteiger partial charge is 0.385 e. The first kappa shape index (κ1) is 14.4. The van der Waals surface area contributed by atoms with E-state index < -0.39 is 0 Å². The van der Waals surface area contributed by atoms with E-state index in [4.69, 9.17) is 0 Å². The molecule has 0 spiro atoms. The van der Waals surface area contributed by atoms with Gasteiger partial charge in [0.2, 0.25) is 0 Å². The first-order valence-corrected chi connectivity index (χ1v) is 7.79. The van der Waals surface area contributed by atoms with Crippen LogP contribution in [-0.2, 0) is 0 Å². The predicted octanol–water partition coefficient (Wildman–Crippen LogP) is 3.95. The molecule has 0 aromatic heterocycles. The van der Waals surface area contributed by atoms with Gasteiger partial charge in [-0.2, -0.15) is 0 Å². The van der Waals surface area contributed by atoms with Crippen LogP contribution in [0.15, 0.2) is 24.3 Å². The van der Waals surface area contributed by atoms with Gasteiger partial charge in [0, 0.05) is 31.2 Å². The minimum absolute atomic E-state index is 0.696. The van der Waals surface area contributed by atoms with Crippen LogP contribution in [0.4, 0.5) is 5.69 Å². The molecule has 1 aliphatic rings. The summed E-state index contributed by atoms with van der Waals surface area (Å²) >= 11 is 0. The molecule has 2 heteroatoms. The monoisotopic (exact) mass is 260 g/mol. The Kier molecular flexibility index (Phi) is 5.26. The first-order chi connectivity index (χ1) is 9.24. The Morgan fingerprint density at radius 3 is 2.84 bits per heavy atom. The molecule has 1 N–H and O–H groups in total. The Morgan fingerprint density at radius 1 is 1.32 bits per heavy atom. The van der Waals surface area contributed by atoms with E-state index in [1.54, 1.807) is 0 Å². The maximum atomic E-state index is 3.52. The van der Waals surface area contributed by atoms with Crippen LogP contribution in [0.3, 0.4) is 0 Å². The number of rotatable bonds is 6. The van der Waals surface area contributed by atoms with Crippen molar-refractivity contribution < 1.29 is 0 Å². The molecule has 2 rings (SSSR count). The van der Waals surface area contributed by atoms with Gasteiger partial charge in [0.1, 0.15) is 0 Å². The second-order valence-electron chi connectivity index (χ2n) is 5.87. The highest BCUT2D eigenvalue weighted by Crippen LogP contribution is 2.31. The number of anilines is 1. The highest BCUT2D eigenvalue weighted by molar-refractivity contribution is 5.54. The van der Waals surface area contributed by atoms with Gasteiger partial charge in [-0.1, -0.05) is 45.4 Å². The molecule has 2 atom stereocenters. The molecule has 19 heavy (non-hydrogen) atoms. The van der Waals surface area contributed by atoms with Crippen molar-refractivity contribution in [1.82, 2.24) is 4.90 Å². The third-order valence-corrected chi connectivity index (χ3v) is 4.40. The van der Waals surface area contributed by atoms with Gasteiger partial charge < -0.3 is 10.2 Å². The average Bonchev–Trinajstić information content (AvgIpc) is 2.46. The third kappa shape index (κ3) is 3.73. The molecule has 0 radical (unpaired) electrons. The fourth-order valence-electron chi connectivity index (χ4n) is 2.95. The van der Waals surface area contributed by atoms with Gasteiger partial charge in [-0.05, 0) is 30.5 Å². The van der Waals surface area contributed by atoms with Crippen LogP contribution in [0.25, 0.3) is 0 Å². The molecule has 1 aromatic carbocycles. The number of benzene rings is 1. The fourth-order valence-corrected chi connectivity index (χ4v) is 2.95. The molecule has 0 saturated heterocycles. The molecule has 1 aromatic rings. The van der Waals surface area contributed by atoms with Crippen molar-refractivity contribution in [3.8, 4) is 0 Å². The summed E-state index contributed by atoms with van der Waals surface area (Å²) in [5.41, 5.74) is 2.86. The predicted molar refractivity (Wildman–Crippen MR) is 83.9 cm³/mol. The first-order valence-electron chi connectivity index (χ1n) is 7.79. The Bertz CT molecular complexity index is 389. The number of hydrogen-bond acceptors (Lipinski definition) is 2. The zero-order valence-electron chi connectivity index (χ0n) is 12.7. The molecule has 0 saturated carbocycles. The molecule has 2 nitrogen and oxygen atoms in total. The second kappa shape index (κ2) is 6.95. The molecule has 1 aliphatic heterocycles. The SMILES string of the molecule is CCC(C)CN(CC)CC1CCNc2ccccc21. The Morgan fingerprint density at radius 2 is 2.11 bits per heavy atom. The van der Waals surface area contributed by atoms with E-state index >= 15 is 0 Å². The van der Waals surface area contributed by atoms with E-state index in [2.05, 4.69) is 55.3 Å². The quantitative estimate of drug-likeness (QED) is 0.833. The molecule has 0 amide bonds. The van der Waals surface area contributed by atoms with Crippen LogP contribution in [0.1, 0.15) is 45.1 Å². The number of likely N-dealkylation sites (N-methyl/N-ethyl adjacent to an activating group) is 1. The van der Waals surface area contributed by atoms with Crippen LogP contribution in [-0.4, -0.2) is 31.1 Å². The summed E-state index contributed by atoms with van der Waals surface area (Å²) in [6.07, 6.45) is 2.54. The van der Waals surface area contributed by atoms with E-state index in [1.165, 1.54) is 37.2 Å². The van der Waals surface area contributed by atoms with Crippen LogP contribution in [0, 0.1) is 5.92 Å². The van der Waals surface area contributed by atoms with Crippen molar-refractivity contribution in [2.24, 2.45) is 5.92 Å². The Balaban J connectivity index is 2.02. The summed E-state index contributed by atoms with van der Waals surface area (Å²) in [7, 11) is 0. The van der Waals surface area contributed by atoms with E-state index in [9.17, 15) is 0 Å². The highest BCUT2D eigenvalue weighted by Gasteiger charge is 2.21. The van der Waals surface area contributed by atoms with Crippen molar-refractivity contribution in [1.29, 1.82) is 0 Å². The van der Waals surface area contributed by atoms with E-state index in [1.807, 2.05) is 0 Å². The number of nitrogens with one attached hydrogen (secondary N) is 1. The van der Waals surface area contributed by atoms with Gasteiger partial charge in [-0.3, -0.25) is 0 Å². The van der Waals surface area contributed by atoms with Gasteiger partial charge in [0.05, 0.1) is 0 Å². The molecule has 106 valence electrons. The van der Waals surface area contributed by atoms with Crippen LogP contribution in [0.5, 0.6) is 0 Å². The summed E-state index contributed by atoms with van der Waals surface area (Å²) in [6, 6.07) is 8.81. The lowest BCUT2D eigenvalue weighted by Crippen LogP contribution is -2.34. The van der Waals surface area contributed by atoms with E-state index in [0.29, 0.717) is 5.92 Å². The Labute approximate surface area is 118 Å². The van der Waals surface area contributed by atoms with Crippen molar-refractivity contribution in [3.05, 3.63) is 29.8 Å². The van der Waals surface area contributed by atoms with Gasteiger partial charge in [0.15, 0.2) is 0 Å². The third-order valence-electron chi connectivity index (χ3n) is 4.40. The van der Waals surface area contributed by atoms with Crippen LogP contribution in [0.2, 0.25) is 0 Å². The summed E-state index contributed by atoms with van der Waals surface area (Å²) in [5, 5.41) is 3.52. The number of fused-ring (bicyclic) bond motifs is 1. The maximum Gasteiger partial charge on any atom is 0.0376 e. The van der Waals surface area contributed by atoms with Crippen molar-refractivity contribution in [2.75, 3.05) is 31.5 Å². The average molecular weight is 260 g/mol. The van der Waals surface area contributed by atoms with Gasteiger partial charge >= 0.3 is 0 Å². The molecule has 2 unspecified atom stereocenters. The zero-order valence-corrected chi connectivity index (χ0v) is 12.7. The lowest BCUT2D eigenvalue weighted by molar-refractivity contribution is 0.228. The maximum absolute atomic E-state index is 3.52. The van der Waals surface area contributed by atoms with Crippen molar-refractivity contribution in [2.45, 2.75) is 39.5 Å². The molecule has 0 fully saturated rings. The molecule has 1 heterocycles. The van der Waals surface area contributed by atoms with Gasteiger partial charge in [0.25, 0.3) is 0 Å². The van der Waals surface area contributed by atoms with Gasteiger partial charge in [-0.25, -0.2) is 0 Å². The minimum atomic E-state index is 0.696. The molecule has 0 bridgehead atoms. The Hall–Kier alpha value is -1.02. The highest BCUT2D eigenvalue weighted by atomic mass is 15.1. The summed E-state index contributed by atoms with van der Waals surface area (Å²) in [5.74, 6) is 1.50. The number of nitrogens with zero attached hydrogens (tertiary/aromatic N) is 1. The topological polar surface area (TPSA) is 15.3 Å². The second-order valence-corrected chi connectivity index (χ2v) is 5.87. The normalized spacial score (nSPS) is 19.9. The van der Waals surface area contributed by atoms with E-state index in [-0.39, 0.29) is 0 Å². The molecular formula is C17H28N2. The summed E-state index contributed by atoms with van der Waals surface area (Å²) < 4.78 is 0. The molecule has 0 aliphatic carbocycles. The lowest BCUT2D eigenvalue weighted by Gasteiger charge is -2.32. The smallest absolute Gasteiger partial charge is 0.0376 e. The fraction of sp³-hybridized carbons (Fsp3) is 0.647. The molecular weight excluding hydrogens is 232 g/mol. The van der Waals surface area contributed by atoms with Gasteiger partial charge in [-0.15, -0.1) is 0 Å². The summed E-state index contributed by atoms with van der Waals surface area (Å²) in [6.45, 7) is 11.7. The number of hydrogen-bond donors (Lipinski definition) is 1. The zero-order chi connectivity index (χ0) is 13.7. The lowest BCUT2D eigenvalue weighted by atomic mass is 9.90. The summed E-state index contributed by atoms with van der Waals surface area (Å²) in [4.78, 5) is 2.63. The van der Waals surface area contributed by atoms with Crippen LogP contribution >= 0.6 is 0 Å². The van der Waals surface area contributed by atoms with Crippen molar-refractivity contribution in [3.63, 3.8) is 0 Å². The van der Waals surface area contributed by atoms with Crippen molar-refractivity contribution >= 4 is 5.69 Å². The van der Waals surface area contributed by atoms with E-state index in [0.717, 1.165) is 19.0 Å². The number of para-hydroxylation sites is 1. The van der Waals surface area contributed by atoms with Crippen LogP contribution < -0.4 is 5.32 Å². The standard InChI is InChI=1S/C17H28N2/c1-4-14(3)12-19(5-2)13-15-10-11-18-17-9-7-6-8-16(15)17/h6-9,14-15,18H,4-5,10-13H2,1-3H3.